The first kappa shape index (κ1) is 22.4. The maximum Gasteiger partial charge on any atom is 0.333 e. The molecule has 3 heterocycles. The van der Waals surface area contributed by atoms with Gasteiger partial charge in [-0.3, -0.25) is 0 Å². The van der Waals surface area contributed by atoms with Gasteiger partial charge in [0.1, 0.15) is 0 Å². The van der Waals surface area contributed by atoms with Gasteiger partial charge in [-0.25, -0.2) is 0 Å². The van der Waals surface area contributed by atoms with Crippen LogP contribution in [0.3, 0.4) is 0 Å². The molecule has 10 rings (SSSR count). The van der Waals surface area contributed by atoms with Gasteiger partial charge in [-0.05, 0) is 81.2 Å². The topological polar surface area (TPSA) is 8.17 Å². The molecule has 3 heteroatoms. The standard InChI is InChI=1S/C39H25BN2/c1-24-30(25-11-4-2-5-12-25)23-34-38-35(24)29-16-8-9-17-32(29)42(28-14-6-3-7-15-28)40(38)31-22-21-27-20-19-26-13-10-18-33-36(26)37(27)39(31)41(33)34/h2-23H,1H3. The minimum absolute atomic E-state index is 0.0519. The van der Waals surface area contributed by atoms with Crippen LogP contribution in [0.2, 0.25) is 0 Å². The van der Waals surface area contributed by atoms with E-state index in [0.29, 0.717) is 0 Å². The van der Waals surface area contributed by atoms with E-state index >= 15 is 0 Å². The molecule has 0 atom stereocenters. The molecule has 0 saturated carbocycles. The minimum atomic E-state index is 0.0519. The number of hydrogen-bond acceptors (Lipinski definition) is 1. The lowest BCUT2D eigenvalue weighted by atomic mass is 9.43. The van der Waals surface area contributed by atoms with Crippen LogP contribution < -0.4 is 15.7 Å². The summed E-state index contributed by atoms with van der Waals surface area (Å²) in [5.41, 5.74) is 15.7. The van der Waals surface area contributed by atoms with Crippen LogP contribution in [0.4, 0.5) is 11.4 Å². The SMILES string of the molecule is Cc1c(-c2ccccc2)cc2c3c1-c1ccccc1N(c1ccccc1)B3c1ccc3ccc4cccc5c4c3c1n5-2. The molecule has 2 aliphatic rings. The number of para-hydroxylation sites is 2. The lowest BCUT2D eigenvalue weighted by Crippen LogP contribution is -2.60. The second-order valence-electron chi connectivity index (χ2n) is 11.7. The predicted molar refractivity (Wildman–Crippen MR) is 179 cm³/mol. The minimum Gasteiger partial charge on any atom is -0.376 e. The number of nitrogens with zero attached hydrogens (tertiary/aromatic N) is 2. The van der Waals surface area contributed by atoms with Crippen LogP contribution in [0.15, 0.2) is 133 Å². The van der Waals surface area contributed by atoms with Crippen molar-refractivity contribution >= 4 is 61.7 Å². The average molecular weight is 532 g/mol. The van der Waals surface area contributed by atoms with Gasteiger partial charge in [0.25, 0.3) is 0 Å². The summed E-state index contributed by atoms with van der Waals surface area (Å²) in [7, 11) is 0. The summed E-state index contributed by atoms with van der Waals surface area (Å²) in [4.78, 5) is 2.58. The molecule has 0 N–H and O–H groups in total. The van der Waals surface area contributed by atoms with Crippen molar-refractivity contribution in [3.8, 4) is 27.9 Å². The van der Waals surface area contributed by atoms with Gasteiger partial charge in [-0.15, -0.1) is 0 Å². The lowest BCUT2D eigenvalue weighted by Gasteiger charge is -2.43. The molecule has 194 valence electrons. The molecule has 0 bridgehead atoms. The number of hydrogen-bond donors (Lipinski definition) is 0. The van der Waals surface area contributed by atoms with Crippen molar-refractivity contribution < 1.29 is 0 Å². The molecular weight excluding hydrogens is 507 g/mol. The molecule has 0 amide bonds. The Balaban J connectivity index is 1.46. The van der Waals surface area contributed by atoms with Crippen LogP contribution in [0.5, 0.6) is 0 Å². The molecule has 7 aromatic carbocycles. The maximum absolute atomic E-state index is 2.58. The number of benzene rings is 7. The highest BCUT2D eigenvalue weighted by Gasteiger charge is 2.44. The van der Waals surface area contributed by atoms with E-state index in [1.807, 2.05) is 0 Å². The average Bonchev–Trinajstić information content (AvgIpc) is 3.41. The van der Waals surface area contributed by atoms with Crippen LogP contribution >= 0.6 is 0 Å². The highest BCUT2D eigenvalue weighted by Crippen LogP contribution is 2.48. The van der Waals surface area contributed by atoms with Crippen LogP contribution in [0.1, 0.15) is 5.56 Å². The van der Waals surface area contributed by atoms with E-state index in [-0.39, 0.29) is 6.85 Å². The molecule has 42 heavy (non-hydrogen) atoms. The quantitative estimate of drug-likeness (QED) is 0.160. The fourth-order valence-corrected chi connectivity index (χ4v) is 8.04. The molecule has 0 spiro atoms. The Hall–Kier alpha value is -5.28. The third-order valence-electron chi connectivity index (χ3n) is 9.70. The summed E-state index contributed by atoms with van der Waals surface area (Å²) in [6, 6.07) is 49.4. The van der Waals surface area contributed by atoms with E-state index < -0.39 is 0 Å². The summed E-state index contributed by atoms with van der Waals surface area (Å²) in [6.45, 7) is 2.37. The zero-order chi connectivity index (χ0) is 27.5. The summed E-state index contributed by atoms with van der Waals surface area (Å²) in [5, 5.41) is 5.35. The monoisotopic (exact) mass is 532 g/mol. The van der Waals surface area contributed by atoms with E-state index in [1.54, 1.807) is 0 Å². The Morgan fingerprint density at radius 1 is 0.571 bits per heavy atom. The first-order valence-corrected chi connectivity index (χ1v) is 14.7. The number of anilines is 2. The van der Waals surface area contributed by atoms with Crippen molar-refractivity contribution in [2.45, 2.75) is 6.92 Å². The Labute approximate surface area is 244 Å². The van der Waals surface area contributed by atoms with Gasteiger partial charge in [-0.2, -0.15) is 0 Å². The van der Waals surface area contributed by atoms with Gasteiger partial charge < -0.3 is 9.38 Å². The van der Waals surface area contributed by atoms with Crippen molar-refractivity contribution in [3.05, 3.63) is 139 Å². The second-order valence-corrected chi connectivity index (χ2v) is 11.7. The van der Waals surface area contributed by atoms with Gasteiger partial charge in [0, 0.05) is 33.4 Å². The largest absolute Gasteiger partial charge is 0.376 e. The third kappa shape index (κ3) is 2.67. The first-order chi connectivity index (χ1) is 20.8. The van der Waals surface area contributed by atoms with Gasteiger partial charge in [0.15, 0.2) is 0 Å². The van der Waals surface area contributed by atoms with Crippen molar-refractivity contribution in [2.75, 3.05) is 4.81 Å². The molecule has 0 radical (unpaired) electrons. The van der Waals surface area contributed by atoms with Crippen LogP contribution in [0.25, 0.3) is 60.5 Å². The predicted octanol–water partition coefficient (Wildman–Crippen LogP) is 8.59. The number of aromatic nitrogens is 1. The maximum atomic E-state index is 2.58. The summed E-state index contributed by atoms with van der Waals surface area (Å²) < 4.78 is 2.58. The number of fused-ring (bicyclic) bond motifs is 5. The van der Waals surface area contributed by atoms with Crippen molar-refractivity contribution in [2.24, 2.45) is 0 Å². The lowest BCUT2D eigenvalue weighted by molar-refractivity contribution is 1.18. The molecule has 0 aliphatic carbocycles. The Bertz CT molecular complexity index is 2370. The van der Waals surface area contributed by atoms with E-state index in [9.17, 15) is 0 Å². The van der Waals surface area contributed by atoms with Gasteiger partial charge in [0.2, 0.25) is 0 Å². The molecule has 0 fully saturated rings. The normalized spacial score (nSPS) is 13.3. The Kier molecular flexibility index (Phi) is 4.23. The third-order valence-corrected chi connectivity index (χ3v) is 9.70. The van der Waals surface area contributed by atoms with Crippen molar-refractivity contribution in [3.63, 3.8) is 0 Å². The molecular formula is C39H25BN2. The molecule has 0 saturated heterocycles. The Morgan fingerprint density at radius 2 is 1.29 bits per heavy atom. The number of rotatable bonds is 2. The molecule has 8 aromatic rings. The zero-order valence-electron chi connectivity index (χ0n) is 23.2. The van der Waals surface area contributed by atoms with E-state index in [0.717, 1.165) is 0 Å². The summed E-state index contributed by atoms with van der Waals surface area (Å²) >= 11 is 0. The Morgan fingerprint density at radius 3 is 2.12 bits per heavy atom. The van der Waals surface area contributed by atoms with Crippen LogP contribution in [0, 0.1) is 6.92 Å². The van der Waals surface area contributed by atoms with Gasteiger partial charge in [-0.1, -0.05) is 103 Å². The zero-order valence-corrected chi connectivity index (χ0v) is 23.2. The summed E-state index contributed by atoms with van der Waals surface area (Å²) in [6.07, 6.45) is 0. The molecule has 0 unspecified atom stereocenters. The molecule has 1 aromatic heterocycles. The second kappa shape index (κ2) is 7.93. The molecule has 2 aliphatic heterocycles. The summed E-state index contributed by atoms with van der Waals surface area (Å²) in [5.74, 6) is 0. The highest BCUT2D eigenvalue weighted by molar-refractivity contribution is 6.93. The smallest absolute Gasteiger partial charge is 0.333 e. The first-order valence-electron chi connectivity index (χ1n) is 14.7. The van der Waals surface area contributed by atoms with E-state index in [2.05, 4.69) is 150 Å². The molecule has 2 nitrogen and oxygen atoms in total. The van der Waals surface area contributed by atoms with Crippen LogP contribution in [-0.2, 0) is 0 Å². The fraction of sp³-hybridized carbons (Fsp3) is 0.0256. The van der Waals surface area contributed by atoms with Crippen molar-refractivity contribution in [1.29, 1.82) is 0 Å². The van der Waals surface area contributed by atoms with Gasteiger partial charge >= 0.3 is 6.85 Å². The van der Waals surface area contributed by atoms with Crippen molar-refractivity contribution in [1.82, 2.24) is 4.57 Å². The van der Waals surface area contributed by atoms with Crippen LogP contribution in [-0.4, -0.2) is 11.4 Å². The van der Waals surface area contributed by atoms with Gasteiger partial charge in [0.05, 0.1) is 11.0 Å². The fourth-order valence-electron chi connectivity index (χ4n) is 8.04. The van der Waals surface area contributed by atoms with E-state index in [1.165, 1.54) is 88.4 Å². The van der Waals surface area contributed by atoms with E-state index in [4.69, 9.17) is 0 Å². The highest BCUT2D eigenvalue weighted by atomic mass is 15.1.